The summed E-state index contributed by atoms with van der Waals surface area (Å²) in [4.78, 5) is 0. The molecule has 110 valence electrons. The molecule has 1 aliphatic carbocycles. The van der Waals surface area contributed by atoms with E-state index in [9.17, 15) is 4.39 Å². The Morgan fingerprint density at radius 3 is 2.62 bits per heavy atom. The molecule has 1 unspecified atom stereocenters. The molecular weight excluding hydrogens is 285 g/mol. The lowest BCUT2D eigenvalue weighted by Crippen LogP contribution is -2.38. The molecular formula is C18H19ClFN. The standard InChI is InChI=1S/C18H19ClFN/c19-17-9-16(20)6-5-15(17)11-18(12-21)8-7-13-3-1-2-4-14(13)10-18/h1-6,9H,7-8,10-12,21H2. The Hall–Kier alpha value is -1.38. The monoisotopic (exact) mass is 303 g/mol. The molecule has 1 aliphatic rings. The zero-order valence-corrected chi connectivity index (χ0v) is 12.7. The summed E-state index contributed by atoms with van der Waals surface area (Å²) < 4.78 is 13.2. The molecule has 1 nitrogen and oxygen atoms in total. The average molecular weight is 304 g/mol. The van der Waals surface area contributed by atoms with Crippen LogP contribution in [0.4, 0.5) is 4.39 Å². The molecule has 1 atom stereocenters. The molecule has 2 N–H and O–H groups in total. The van der Waals surface area contributed by atoms with Gasteiger partial charge in [0.2, 0.25) is 0 Å². The van der Waals surface area contributed by atoms with Crippen LogP contribution in [-0.2, 0) is 19.3 Å². The van der Waals surface area contributed by atoms with Gasteiger partial charge in [0.1, 0.15) is 5.82 Å². The van der Waals surface area contributed by atoms with E-state index in [-0.39, 0.29) is 11.2 Å². The Bertz CT molecular complexity index is 655. The molecule has 0 bridgehead atoms. The topological polar surface area (TPSA) is 26.0 Å². The highest BCUT2D eigenvalue weighted by molar-refractivity contribution is 6.31. The van der Waals surface area contributed by atoms with Gasteiger partial charge in [-0.3, -0.25) is 0 Å². The van der Waals surface area contributed by atoms with Crippen molar-refractivity contribution < 1.29 is 4.39 Å². The number of fused-ring (bicyclic) bond motifs is 1. The van der Waals surface area contributed by atoms with Crippen molar-refractivity contribution in [3.63, 3.8) is 0 Å². The predicted molar refractivity (Wildman–Crippen MR) is 85.1 cm³/mol. The lowest BCUT2D eigenvalue weighted by molar-refractivity contribution is 0.254. The van der Waals surface area contributed by atoms with Crippen molar-refractivity contribution in [1.82, 2.24) is 0 Å². The Kier molecular flexibility index (Phi) is 4.01. The molecule has 0 heterocycles. The predicted octanol–water partition coefficient (Wildman–Crippen LogP) is 4.16. The van der Waals surface area contributed by atoms with E-state index in [2.05, 4.69) is 24.3 Å². The van der Waals surface area contributed by atoms with Gasteiger partial charge in [-0.15, -0.1) is 0 Å². The highest BCUT2D eigenvalue weighted by Gasteiger charge is 2.33. The second-order valence-electron chi connectivity index (χ2n) is 6.06. The van der Waals surface area contributed by atoms with Gasteiger partial charge in [0.15, 0.2) is 0 Å². The molecule has 0 aliphatic heterocycles. The van der Waals surface area contributed by atoms with Crippen LogP contribution in [0.3, 0.4) is 0 Å². The second kappa shape index (κ2) is 5.78. The summed E-state index contributed by atoms with van der Waals surface area (Å²) in [7, 11) is 0. The van der Waals surface area contributed by atoms with Crippen LogP contribution in [0.2, 0.25) is 5.02 Å². The zero-order valence-electron chi connectivity index (χ0n) is 11.9. The number of rotatable bonds is 3. The van der Waals surface area contributed by atoms with Crippen molar-refractivity contribution in [2.45, 2.75) is 25.7 Å². The number of benzene rings is 2. The fourth-order valence-electron chi connectivity index (χ4n) is 3.33. The first kappa shape index (κ1) is 14.6. The van der Waals surface area contributed by atoms with E-state index in [0.717, 1.165) is 31.2 Å². The van der Waals surface area contributed by atoms with Crippen LogP contribution in [0.1, 0.15) is 23.1 Å². The van der Waals surface area contributed by atoms with Gasteiger partial charge in [-0.05, 0) is 66.5 Å². The Balaban J connectivity index is 1.88. The molecule has 3 rings (SSSR count). The Morgan fingerprint density at radius 2 is 1.90 bits per heavy atom. The largest absolute Gasteiger partial charge is 0.330 e. The van der Waals surface area contributed by atoms with Crippen molar-refractivity contribution >= 4 is 11.6 Å². The lowest BCUT2D eigenvalue weighted by atomic mass is 9.68. The summed E-state index contributed by atoms with van der Waals surface area (Å²) >= 11 is 6.19. The molecule has 2 aromatic rings. The maximum atomic E-state index is 13.2. The highest BCUT2D eigenvalue weighted by atomic mass is 35.5. The number of aryl methyl sites for hydroxylation is 1. The van der Waals surface area contributed by atoms with Crippen LogP contribution in [0, 0.1) is 11.2 Å². The summed E-state index contributed by atoms with van der Waals surface area (Å²) in [5, 5.41) is 0.502. The van der Waals surface area contributed by atoms with Crippen molar-refractivity contribution in [3.8, 4) is 0 Å². The first-order valence-electron chi connectivity index (χ1n) is 7.33. The van der Waals surface area contributed by atoms with Crippen molar-refractivity contribution in [2.75, 3.05) is 6.54 Å². The van der Waals surface area contributed by atoms with E-state index in [1.165, 1.54) is 23.3 Å². The number of hydrogen-bond donors (Lipinski definition) is 1. The number of hydrogen-bond acceptors (Lipinski definition) is 1. The van der Waals surface area contributed by atoms with Gasteiger partial charge in [-0.25, -0.2) is 4.39 Å². The van der Waals surface area contributed by atoms with Gasteiger partial charge in [0, 0.05) is 5.02 Å². The van der Waals surface area contributed by atoms with Gasteiger partial charge < -0.3 is 5.73 Å². The minimum absolute atomic E-state index is 0.0236. The average Bonchev–Trinajstić information content (AvgIpc) is 2.50. The van der Waals surface area contributed by atoms with Crippen LogP contribution in [0.5, 0.6) is 0 Å². The summed E-state index contributed by atoms with van der Waals surface area (Å²) in [5.41, 5.74) is 9.92. The van der Waals surface area contributed by atoms with Gasteiger partial charge in [0.05, 0.1) is 0 Å². The summed E-state index contributed by atoms with van der Waals surface area (Å²) in [6.45, 7) is 0.620. The zero-order chi connectivity index (χ0) is 14.9. The normalized spacial score (nSPS) is 21.1. The van der Waals surface area contributed by atoms with E-state index < -0.39 is 0 Å². The van der Waals surface area contributed by atoms with Crippen LogP contribution < -0.4 is 5.73 Å². The molecule has 21 heavy (non-hydrogen) atoms. The second-order valence-corrected chi connectivity index (χ2v) is 6.47. The molecule has 0 spiro atoms. The van der Waals surface area contributed by atoms with Crippen molar-refractivity contribution in [3.05, 3.63) is 70.0 Å². The van der Waals surface area contributed by atoms with E-state index in [0.29, 0.717) is 11.6 Å². The summed E-state index contributed by atoms with van der Waals surface area (Å²) in [5.74, 6) is -0.292. The molecule has 2 aromatic carbocycles. The number of halogens is 2. The maximum absolute atomic E-state index is 13.2. The molecule has 3 heteroatoms. The lowest BCUT2D eigenvalue weighted by Gasteiger charge is -2.38. The van der Waals surface area contributed by atoms with Gasteiger partial charge >= 0.3 is 0 Å². The Morgan fingerprint density at radius 1 is 1.14 bits per heavy atom. The van der Waals surface area contributed by atoms with E-state index in [1.807, 2.05) is 0 Å². The van der Waals surface area contributed by atoms with E-state index in [1.54, 1.807) is 6.07 Å². The van der Waals surface area contributed by atoms with Crippen molar-refractivity contribution in [2.24, 2.45) is 11.1 Å². The fourth-order valence-corrected chi connectivity index (χ4v) is 3.57. The first-order valence-corrected chi connectivity index (χ1v) is 7.70. The van der Waals surface area contributed by atoms with Crippen LogP contribution >= 0.6 is 11.6 Å². The molecule has 0 aromatic heterocycles. The van der Waals surface area contributed by atoms with Gasteiger partial charge in [0.25, 0.3) is 0 Å². The maximum Gasteiger partial charge on any atom is 0.124 e. The molecule has 0 radical (unpaired) electrons. The van der Waals surface area contributed by atoms with Crippen LogP contribution in [0.25, 0.3) is 0 Å². The molecule has 0 saturated carbocycles. The minimum Gasteiger partial charge on any atom is -0.330 e. The smallest absolute Gasteiger partial charge is 0.124 e. The van der Waals surface area contributed by atoms with Gasteiger partial charge in [-0.1, -0.05) is 41.9 Å². The number of nitrogens with two attached hydrogens (primary N) is 1. The first-order chi connectivity index (χ1) is 10.1. The van der Waals surface area contributed by atoms with Crippen LogP contribution in [-0.4, -0.2) is 6.54 Å². The van der Waals surface area contributed by atoms with E-state index >= 15 is 0 Å². The molecule has 0 fully saturated rings. The third-order valence-corrected chi connectivity index (χ3v) is 4.97. The third kappa shape index (κ3) is 2.97. The quantitative estimate of drug-likeness (QED) is 0.905. The highest BCUT2D eigenvalue weighted by Crippen LogP contribution is 2.38. The fraction of sp³-hybridized carbons (Fsp3) is 0.333. The van der Waals surface area contributed by atoms with Gasteiger partial charge in [-0.2, -0.15) is 0 Å². The third-order valence-electron chi connectivity index (χ3n) is 4.62. The SMILES string of the molecule is NCC1(Cc2ccc(F)cc2Cl)CCc2ccccc2C1. The van der Waals surface area contributed by atoms with Crippen LogP contribution in [0.15, 0.2) is 42.5 Å². The minimum atomic E-state index is -0.292. The Labute approximate surface area is 129 Å². The summed E-state index contributed by atoms with van der Waals surface area (Å²) in [6.07, 6.45) is 3.87. The molecule has 0 amide bonds. The van der Waals surface area contributed by atoms with E-state index in [4.69, 9.17) is 17.3 Å². The summed E-state index contributed by atoms with van der Waals surface area (Å²) in [6, 6.07) is 13.2. The molecule has 0 saturated heterocycles. The van der Waals surface area contributed by atoms with Crippen molar-refractivity contribution in [1.29, 1.82) is 0 Å².